The number of benzene rings is 1. The largest absolute Gasteiger partial charge is 0.465 e. The van der Waals surface area contributed by atoms with Crippen LogP contribution < -0.4 is 0 Å². The van der Waals surface area contributed by atoms with E-state index in [-0.39, 0.29) is 6.04 Å². The number of terminal acetylenes is 1. The summed E-state index contributed by atoms with van der Waals surface area (Å²) in [5.41, 5.74) is 2.44. The first-order valence-corrected chi connectivity index (χ1v) is 6.15. The predicted molar refractivity (Wildman–Crippen MR) is 70.7 cm³/mol. The Labute approximate surface area is 110 Å². The first kappa shape index (κ1) is 11.6. The van der Waals surface area contributed by atoms with Crippen LogP contribution >= 0.6 is 0 Å². The van der Waals surface area contributed by atoms with E-state index >= 15 is 0 Å². The van der Waals surface area contributed by atoms with Crippen LogP contribution in [0.2, 0.25) is 0 Å². The van der Waals surface area contributed by atoms with Crippen molar-refractivity contribution < 1.29 is 9.90 Å². The topological polar surface area (TPSA) is 69.2 Å². The highest BCUT2D eigenvalue weighted by Crippen LogP contribution is 2.31. The molecule has 3 rings (SSSR count). The lowest BCUT2D eigenvalue weighted by molar-refractivity contribution is 0.139. The summed E-state index contributed by atoms with van der Waals surface area (Å²) in [5.74, 6) is 3.27. The fraction of sp³-hybridized carbons (Fsp3) is 0.286. The van der Waals surface area contributed by atoms with Crippen molar-refractivity contribution in [3.8, 4) is 12.3 Å². The first-order chi connectivity index (χ1) is 9.19. The zero-order valence-electron chi connectivity index (χ0n) is 10.3. The molecule has 0 aliphatic carbocycles. The second kappa shape index (κ2) is 4.32. The van der Waals surface area contributed by atoms with E-state index < -0.39 is 6.09 Å². The van der Waals surface area contributed by atoms with Crippen molar-refractivity contribution in [3.63, 3.8) is 0 Å². The third-order valence-electron chi connectivity index (χ3n) is 3.48. The SMILES string of the molecule is C#Cc1ccc2nc(C3CCCN3C(=O)O)[nH]c2c1. The molecule has 2 heterocycles. The zero-order chi connectivity index (χ0) is 13.4. The molecule has 96 valence electrons. The quantitative estimate of drug-likeness (QED) is 0.768. The van der Waals surface area contributed by atoms with Crippen molar-refractivity contribution >= 4 is 17.1 Å². The van der Waals surface area contributed by atoms with Gasteiger partial charge in [-0.25, -0.2) is 9.78 Å². The maximum atomic E-state index is 11.2. The molecule has 0 bridgehead atoms. The van der Waals surface area contributed by atoms with Crippen LogP contribution in [0.5, 0.6) is 0 Å². The van der Waals surface area contributed by atoms with Crippen LogP contribution in [0.25, 0.3) is 11.0 Å². The molecule has 1 fully saturated rings. The Balaban J connectivity index is 2.01. The van der Waals surface area contributed by atoms with Gasteiger partial charge in [-0.3, -0.25) is 4.90 Å². The van der Waals surface area contributed by atoms with Crippen molar-refractivity contribution in [2.45, 2.75) is 18.9 Å². The van der Waals surface area contributed by atoms with E-state index in [0.29, 0.717) is 12.4 Å². The number of H-pyrrole nitrogens is 1. The molecule has 1 aliphatic heterocycles. The first-order valence-electron chi connectivity index (χ1n) is 6.15. The number of hydrogen-bond acceptors (Lipinski definition) is 2. The van der Waals surface area contributed by atoms with E-state index in [2.05, 4.69) is 15.9 Å². The number of aromatic nitrogens is 2. The number of carboxylic acid groups (broad SMARTS) is 1. The average molecular weight is 255 g/mol. The summed E-state index contributed by atoms with van der Waals surface area (Å²) in [6.45, 7) is 0.562. The van der Waals surface area contributed by atoms with E-state index in [4.69, 9.17) is 11.5 Å². The van der Waals surface area contributed by atoms with E-state index in [1.165, 1.54) is 4.90 Å². The van der Waals surface area contributed by atoms with Crippen molar-refractivity contribution in [2.24, 2.45) is 0 Å². The minimum atomic E-state index is -0.896. The second-order valence-corrected chi connectivity index (χ2v) is 4.63. The van der Waals surface area contributed by atoms with Gasteiger partial charge in [-0.15, -0.1) is 6.42 Å². The maximum Gasteiger partial charge on any atom is 0.407 e. The molecule has 1 unspecified atom stereocenters. The van der Waals surface area contributed by atoms with Gasteiger partial charge in [-0.2, -0.15) is 0 Å². The molecular weight excluding hydrogens is 242 g/mol. The highest BCUT2D eigenvalue weighted by Gasteiger charge is 2.31. The van der Waals surface area contributed by atoms with Crippen LogP contribution in [0.4, 0.5) is 4.79 Å². The average Bonchev–Trinajstić information content (AvgIpc) is 3.03. The Morgan fingerprint density at radius 1 is 1.58 bits per heavy atom. The normalized spacial score (nSPS) is 18.7. The maximum absolute atomic E-state index is 11.2. The molecule has 19 heavy (non-hydrogen) atoms. The number of aromatic amines is 1. The van der Waals surface area contributed by atoms with Crippen LogP contribution in [0, 0.1) is 12.3 Å². The Kier molecular flexibility index (Phi) is 2.64. The molecule has 1 amide bonds. The van der Waals surface area contributed by atoms with Crippen LogP contribution in [0.1, 0.15) is 30.3 Å². The van der Waals surface area contributed by atoms with E-state index in [0.717, 1.165) is 29.4 Å². The number of carbonyl (C=O) groups is 1. The summed E-state index contributed by atoms with van der Waals surface area (Å²) >= 11 is 0. The molecule has 1 atom stereocenters. The standard InChI is InChI=1S/C14H13N3O2/c1-2-9-5-6-10-11(8-9)16-13(15-10)12-4-3-7-17(12)14(18)19/h1,5-6,8,12H,3-4,7H2,(H,15,16)(H,18,19). The van der Waals surface area contributed by atoms with Crippen molar-refractivity contribution in [1.82, 2.24) is 14.9 Å². The van der Waals surface area contributed by atoms with Crippen molar-refractivity contribution in [1.29, 1.82) is 0 Å². The highest BCUT2D eigenvalue weighted by atomic mass is 16.4. The summed E-state index contributed by atoms with van der Waals surface area (Å²) in [4.78, 5) is 20.2. The van der Waals surface area contributed by atoms with Gasteiger partial charge in [0.2, 0.25) is 0 Å². The van der Waals surface area contributed by atoms with E-state index in [1.54, 1.807) is 0 Å². The van der Waals surface area contributed by atoms with Gasteiger partial charge in [0, 0.05) is 12.1 Å². The third kappa shape index (κ3) is 1.91. The van der Waals surface area contributed by atoms with Gasteiger partial charge in [0.25, 0.3) is 0 Å². The Hall–Kier alpha value is -2.48. The van der Waals surface area contributed by atoms with Crippen LogP contribution in [-0.4, -0.2) is 32.6 Å². The van der Waals surface area contributed by atoms with Gasteiger partial charge in [-0.1, -0.05) is 5.92 Å². The molecule has 1 aromatic heterocycles. The number of imidazole rings is 1. The van der Waals surface area contributed by atoms with Gasteiger partial charge in [0.15, 0.2) is 0 Å². The van der Waals surface area contributed by atoms with Crippen LogP contribution in [0.15, 0.2) is 18.2 Å². The fourth-order valence-electron chi connectivity index (χ4n) is 2.56. The number of amides is 1. The lowest BCUT2D eigenvalue weighted by Gasteiger charge is -2.19. The van der Waals surface area contributed by atoms with Crippen molar-refractivity contribution in [2.75, 3.05) is 6.54 Å². The fourth-order valence-corrected chi connectivity index (χ4v) is 2.56. The second-order valence-electron chi connectivity index (χ2n) is 4.63. The van der Waals surface area contributed by atoms with E-state index in [9.17, 15) is 4.79 Å². The number of rotatable bonds is 1. The molecule has 0 radical (unpaired) electrons. The number of hydrogen-bond donors (Lipinski definition) is 2. The number of likely N-dealkylation sites (tertiary alicyclic amines) is 1. The van der Waals surface area contributed by atoms with Crippen molar-refractivity contribution in [3.05, 3.63) is 29.6 Å². The summed E-state index contributed by atoms with van der Waals surface area (Å²) in [6.07, 6.45) is 6.13. The van der Waals surface area contributed by atoms with Gasteiger partial charge in [-0.05, 0) is 31.0 Å². The summed E-state index contributed by atoms with van der Waals surface area (Å²) in [7, 11) is 0. The summed E-state index contributed by atoms with van der Waals surface area (Å²) in [6, 6.07) is 5.35. The molecule has 2 aromatic rings. The van der Waals surface area contributed by atoms with E-state index in [1.807, 2.05) is 18.2 Å². The third-order valence-corrected chi connectivity index (χ3v) is 3.48. The van der Waals surface area contributed by atoms with Crippen LogP contribution in [0.3, 0.4) is 0 Å². The molecule has 2 N–H and O–H groups in total. The predicted octanol–water partition coefficient (Wildman–Crippen LogP) is 2.36. The Bertz CT molecular complexity index is 684. The molecule has 5 heteroatoms. The minimum absolute atomic E-state index is 0.181. The molecule has 0 spiro atoms. The summed E-state index contributed by atoms with van der Waals surface area (Å²) in [5, 5.41) is 9.16. The minimum Gasteiger partial charge on any atom is -0.465 e. The molecule has 0 saturated carbocycles. The monoisotopic (exact) mass is 255 g/mol. The number of nitrogens with one attached hydrogen (secondary N) is 1. The lowest BCUT2D eigenvalue weighted by atomic mass is 10.2. The molecule has 1 aliphatic rings. The van der Waals surface area contributed by atoms with Gasteiger partial charge in [0.05, 0.1) is 17.1 Å². The van der Waals surface area contributed by atoms with Gasteiger partial charge < -0.3 is 10.1 Å². The van der Waals surface area contributed by atoms with Crippen LogP contribution in [-0.2, 0) is 0 Å². The Morgan fingerprint density at radius 2 is 2.42 bits per heavy atom. The lowest BCUT2D eigenvalue weighted by Crippen LogP contribution is -2.29. The Morgan fingerprint density at radius 3 is 3.16 bits per heavy atom. The van der Waals surface area contributed by atoms with Gasteiger partial charge in [0.1, 0.15) is 5.82 Å². The number of nitrogens with zero attached hydrogens (tertiary/aromatic N) is 2. The summed E-state index contributed by atoms with van der Waals surface area (Å²) < 4.78 is 0. The van der Waals surface area contributed by atoms with Gasteiger partial charge >= 0.3 is 6.09 Å². The molecular formula is C14H13N3O2. The smallest absolute Gasteiger partial charge is 0.407 e. The molecule has 5 nitrogen and oxygen atoms in total. The zero-order valence-corrected chi connectivity index (χ0v) is 10.3. The molecule has 1 saturated heterocycles. The highest BCUT2D eigenvalue weighted by molar-refractivity contribution is 5.77. The molecule has 1 aromatic carbocycles. The number of fused-ring (bicyclic) bond motifs is 1.